The average molecular weight is 192 g/mol. The maximum Gasteiger partial charge on any atom is 0.290 e. The van der Waals surface area contributed by atoms with Crippen molar-refractivity contribution in [3.63, 3.8) is 0 Å². The molecule has 0 rings (SSSR count). The van der Waals surface area contributed by atoms with Gasteiger partial charge in [0.05, 0.1) is 26.7 Å². The van der Waals surface area contributed by atoms with E-state index in [0.29, 0.717) is 0 Å². The van der Waals surface area contributed by atoms with Crippen LogP contribution in [0.15, 0.2) is 0 Å². The molecule has 80 valence electrons. The van der Waals surface area contributed by atoms with Gasteiger partial charge in [-0.2, -0.15) is 0 Å². The molecule has 0 spiro atoms. The second kappa shape index (κ2) is 9.48. The Hall–Kier alpha value is -0.610. The Morgan fingerprint density at radius 1 is 1.38 bits per heavy atom. The lowest BCUT2D eigenvalue weighted by atomic mass is 10.4. The first-order valence-corrected chi connectivity index (χ1v) is 4.50. The van der Waals surface area contributed by atoms with Gasteiger partial charge in [0, 0.05) is 7.11 Å². The summed E-state index contributed by atoms with van der Waals surface area (Å²) < 4.78 is 6.14. The third-order valence-electron chi connectivity index (χ3n) is 2.36. The lowest BCUT2D eigenvalue weighted by Gasteiger charge is -2.31. The number of quaternary nitrogens is 1. The molecule has 0 saturated carbocycles. The molecule has 0 aliphatic rings. The van der Waals surface area contributed by atoms with Crippen molar-refractivity contribution in [3.8, 4) is 0 Å². The van der Waals surface area contributed by atoms with E-state index in [-0.39, 0.29) is 6.47 Å². The molecule has 1 N–H and O–H groups in total. The van der Waals surface area contributed by atoms with Crippen LogP contribution in [0.25, 0.3) is 0 Å². The molecule has 0 aromatic rings. The van der Waals surface area contributed by atoms with Crippen LogP contribution in [-0.4, -0.2) is 56.5 Å². The predicted octanol–water partition coefficient (Wildman–Crippen LogP) is 0.820. The van der Waals surface area contributed by atoms with Gasteiger partial charge >= 0.3 is 0 Å². The van der Waals surface area contributed by atoms with Gasteiger partial charge in [-0.3, -0.25) is 4.79 Å². The monoisotopic (exact) mass is 192 g/mol. The first kappa shape index (κ1) is 14.9. The van der Waals surface area contributed by atoms with Gasteiger partial charge < -0.3 is 14.3 Å². The van der Waals surface area contributed by atoms with Crippen LogP contribution in [0.2, 0.25) is 0 Å². The van der Waals surface area contributed by atoms with Crippen molar-refractivity contribution in [2.24, 2.45) is 0 Å². The minimum absolute atomic E-state index is 0.250. The fourth-order valence-corrected chi connectivity index (χ4v) is 0.852. The van der Waals surface area contributed by atoms with Gasteiger partial charge in [-0.1, -0.05) is 0 Å². The lowest BCUT2D eigenvalue weighted by Crippen LogP contribution is -2.45. The summed E-state index contributed by atoms with van der Waals surface area (Å²) in [5.74, 6) is 0. The minimum Gasteiger partial charge on any atom is -0.483 e. The Balaban J connectivity index is 0. The quantitative estimate of drug-likeness (QED) is 0.518. The van der Waals surface area contributed by atoms with E-state index in [1.807, 2.05) is 0 Å². The Morgan fingerprint density at radius 3 is 2.00 bits per heavy atom. The van der Waals surface area contributed by atoms with E-state index < -0.39 is 0 Å². The van der Waals surface area contributed by atoms with E-state index in [1.165, 1.54) is 13.1 Å². The lowest BCUT2D eigenvalue weighted by molar-refractivity contribution is -0.906. The van der Waals surface area contributed by atoms with Crippen molar-refractivity contribution in [1.82, 2.24) is 0 Å². The van der Waals surface area contributed by atoms with Crippen molar-refractivity contribution in [2.45, 2.75) is 13.8 Å². The molecule has 0 amide bonds. The standard InChI is InChI=1S/C8H20NO.CH2O2/c1-5-9(3,6-2)7-8-10-4;2-1-3/h5-8H2,1-4H3;1H,(H,2,3)/q+1;. The summed E-state index contributed by atoms with van der Waals surface area (Å²) in [6, 6.07) is 0. The topological polar surface area (TPSA) is 46.5 Å². The Labute approximate surface area is 80.7 Å². The predicted molar refractivity (Wildman–Crippen MR) is 52.7 cm³/mol. The zero-order chi connectivity index (χ0) is 10.7. The third-order valence-corrected chi connectivity index (χ3v) is 2.36. The summed E-state index contributed by atoms with van der Waals surface area (Å²) in [6.45, 7) is 8.58. The van der Waals surface area contributed by atoms with Crippen molar-refractivity contribution in [3.05, 3.63) is 0 Å². The number of rotatable bonds is 5. The van der Waals surface area contributed by atoms with E-state index in [0.717, 1.165) is 17.6 Å². The Morgan fingerprint density at radius 2 is 1.77 bits per heavy atom. The van der Waals surface area contributed by atoms with Gasteiger partial charge in [-0.25, -0.2) is 0 Å². The second-order valence-electron chi connectivity index (χ2n) is 3.07. The van der Waals surface area contributed by atoms with Gasteiger partial charge in [0.15, 0.2) is 0 Å². The first-order chi connectivity index (χ1) is 6.10. The zero-order valence-electron chi connectivity index (χ0n) is 9.12. The molecular weight excluding hydrogens is 170 g/mol. The summed E-state index contributed by atoms with van der Waals surface area (Å²) >= 11 is 0. The normalized spacial score (nSPS) is 10.2. The average Bonchev–Trinajstić information content (AvgIpc) is 2.15. The third kappa shape index (κ3) is 9.30. The Bertz CT molecular complexity index is 113. The number of nitrogens with zero attached hydrogens (tertiary/aromatic N) is 1. The molecule has 0 unspecified atom stereocenters. The SMILES string of the molecule is CC[N+](C)(CC)CCOC.O=CO. The molecule has 0 saturated heterocycles. The van der Waals surface area contributed by atoms with Gasteiger partial charge in [0.25, 0.3) is 6.47 Å². The summed E-state index contributed by atoms with van der Waals surface area (Å²) in [4.78, 5) is 8.36. The molecule has 0 atom stereocenters. The molecule has 0 bridgehead atoms. The van der Waals surface area contributed by atoms with Crippen LogP contribution in [0, 0.1) is 0 Å². The zero-order valence-corrected chi connectivity index (χ0v) is 9.12. The van der Waals surface area contributed by atoms with Gasteiger partial charge in [0.1, 0.15) is 6.54 Å². The van der Waals surface area contributed by atoms with Crippen molar-refractivity contribution >= 4 is 6.47 Å². The highest BCUT2D eigenvalue weighted by Crippen LogP contribution is 1.99. The summed E-state index contributed by atoms with van der Waals surface area (Å²) in [5, 5.41) is 6.89. The number of likely N-dealkylation sites (N-methyl/N-ethyl adjacent to an activating group) is 1. The smallest absolute Gasteiger partial charge is 0.290 e. The fourth-order valence-electron chi connectivity index (χ4n) is 0.852. The largest absolute Gasteiger partial charge is 0.483 e. The van der Waals surface area contributed by atoms with Crippen molar-refractivity contribution < 1.29 is 19.1 Å². The van der Waals surface area contributed by atoms with Crippen LogP contribution in [0.3, 0.4) is 0 Å². The van der Waals surface area contributed by atoms with Crippen molar-refractivity contribution in [1.29, 1.82) is 0 Å². The van der Waals surface area contributed by atoms with Gasteiger partial charge in [0.2, 0.25) is 0 Å². The molecule has 0 aromatic heterocycles. The highest BCUT2D eigenvalue weighted by Gasteiger charge is 2.14. The summed E-state index contributed by atoms with van der Waals surface area (Å²) in [6.07, 6.45) is 0. The van der Waals surface area contributed by atoms with Crippen LogP contribution in [0.5, 0.6) is 0 Å². The molecule has 0 heterocycles. The molecule has 0 radical (unpaired) electrons. The van der Waals surface area contributed by atoms with Crippen molar-refractivity contribution in [2.75, 3.05) is 40.4 Å². The maximum absolute atomic E-state index is 8.36. The number of methoxy groups -OCH3 is 1. The second-order valence-corrected chi connectivity index (χ2v) is 3.07. The van der Waals surface area contributed by atoms with Crippen LogP contribution in [0.1, 0.15) is 13.8 Å². The number of carboxylic acid groups (broad SMARTS) is 1. The minimum atomic E-state index is -0.250. The number of ether oxygens (including phenoxy) is 1. The van der Waals surface area contributed by atoms with E-state index in [9.17, 15) is 0 Å². The van der Waals surface area contributed by atoms with E-state index >= 15 is 0 Å². The molecule has 0 aliphatic carbocycles. The highest BCUT2D eigenvalue weighted by atomic mass is 16.5. The van der Waals surface area contributed by atoms with E-state index in [1.54, 1.807) is 7.11 Å². The Kier molecular flexibility index (Phi) is 10.9. The number of carbonyl (C=O) groups is 1. The van der Waals surface area contributed by atoms with Crippen LogP contribution in [-0.2, 0) is 9.53 Å². The molecule has 4 heteroatoms. The maximum atomic E-state index is 8.36. The summed E-state index contributed by atoms with van der Waals surface area (Å²) in [7, 11) is 4.02. The van der Waals surface area contributed by atoms with Gasteiger partial charge in [-0.05, 0) is 13.8 Å². The number of hydrogen-bond donors (Lipinski definition) is 1. The molecule has 0 aliphatic heterocycles. The highest BCUT2D eigenvalue weighted by molar-refractivity contribution is 5.32. The molecular formula is C9H22NO3+. The molecule has 0 fully saturated rings. The first-order valence-electron chi connectivity index (χ1n) is 4.50. The molecule has 0 aromatic carbocycles. The molecule has 4 nitrogen and oxygen atoms in total. The summed E-state index contributed by atoms with van der Waals surface area (Å²) in [5.41, 5.74) is 0. The van der Waals surface area contributed by atoms with Crippen LogP contribution < -0.4 is 0 Å². The van der Waals surface area contributed by atoms with Crippen LogP contribution >= 0.6 is 0 Å². The van der Waals surface area contributed by atoms with Crippen LogP contribution in [0.4, 0.5) is 0 Å². The fraction of sp³-hybridized carbons (Fsp3) is 0.889. The van der Waals surface area contributed by atoms with E-state index in [2.05, 4.69) is 20.9 Å². The molecule has 13 heavy (non-hydrogen) atoms. The number of hydrogen-bond acceptors (Lipinski definition) is 2. The van der Waals surface area contributed by atoms with E-state index in [4.69, 9.17) is 14.6 Å². The van der Waals surface area contributed by atoms with Gasteiger partial charge in [-0.15, -0.1) is 0 Å².